The normalized spacial score (nSPS) is 11.9. The molecule has 0 radical (unpaired) electrons. The summed E-state index contributed by atoms with van der Waals surface area (Å²) in [4.78, 5) is 0.0995. The zero-order valence-electron chi connectivity index (χ0n) is 6.21. The second kappa shape index (κ2) is 5.60. The molecule has 0 spiro atoms. The molecule has 0 saturated heterocycles. The molecule has 1 rings (SSSR count). The van der Waals surface area contributed by atoms with Crippen LogP contribution in [-0.2, 0) is 11.1 Å². The summed E-state index contributed by atoms with van der Waals surface area (Å²) in [6.45, 7) is 0. The molecule has 0 fully saturated rings. The average Bonchev–Trinajstić information content (AvgIpc) is 1.85. The van der Waals surface area contributed by atoms with Gasteiger partial charge >= 0.3 is 29.6 Å². The summed E-state index contributed by atoms with van der Waals surface area (Å²) in [5.41, 5.74) is 0. The third-order valence-electron chi connectivity index (χ3n) is 1.03. The van der Waals surface area contributed by atoms with Crippen LogP contribution in [0.5, 0.6) is 0 Å². The monoisotopic (exact) mass is 232 g/mol. The zero-order valence-corrected chi connectivity index (χ0v) is 10.5. The van der Waals surface area contributed by atoms with Crippen molar-refractivity contribution in [3.8, 4) is 0 Å². The predicted molar refractivity (Wildman–Crippen MR) is 43.6 cm³/mol. The van der Waals surface area contributed by atoms with E-state index in [2.05, 4.69) is 0 Å². The summed E-state index contributed by atoms with van der Waals surface area (Å²) in [7, 11) is 0. The first kappa shape index (κ1) is 12.9. The number of hydrogen-bond acceptors (Lipinski definition) is 2. The van der Waals surface area contributed by atoms with Crippen molar-refractivity contribution in [2.45, 2.75) is 4.90 Å². The minimum Gasteiger partial charge on any atom is -0.768 e. The Morgan fingerprint density at radius 2 is 1.58 bits per heavy atom. The summed E-state index contributed by atoms with van der Waals surface area (Å²) in [5, 5.41) is 0.633. The fourth-order valence-corrected chi connectivity index (χ4v) is 1.73. The maximum atomic E-state index is 10.4. The fraction of sp³-hybridized carbons (Fsp3) is 0. The first-order valence-corrected chi connectivity index (χ1v) is 4.48. The van der Waals surface area contributed by atoms with Gasteiger partial charge in [-0.2, -0.15) is 0 Å². The van der Waals surface area contributed by atoms with Gasteiger partial charge in [-0.05, 0) is 29.3 Å². The Balaban J connectivity index is 0.00000121. The molecule has 1 atom stereocenters. The molecule has 0 N–H and O–H groups in total. The van der Waals surface area contributed by atoms with E-state index in [1.807, 2.05) is 0 Å². The van der Waals surface area contributed by atoms with Gasteiger partial charge in [0.05, 0.1) is 0 Å². The van der Waals surface area contributed by atoms with Gasteiger partial charge in [0.15, 0.2) is 0 Å². The molecule has 0 bridgehead atoms. The van der Waals surface area contributed by atoms with Gasteiger partial charge in [-0.15, -0.1) is 0 Å². The van der Waals surface area contributed by atoms with E-state index in [1.165, 1.54) is 18.2 Å². The van der Waals surface area contributed by atoms with Crippen LogP contribution in [0.15, 0.2) is 23.1 Å². The Bertz CT molecular complexity index is 285. The van der Waals surface area contributed by atoms with Crippen molar-refractivity contribution in [2.75, 3.05) is 0 Å². The Morgan fingerprint density at radius 1 is 1.17 bits per heavy atom. The smallest absolute Gasteiger partial charge is 0.768 e. The van der Waals surface area contributed by atoms with Crippen molar-refractivity contribution in [3.63, 3.8) is 0 Å². The van der Waals surface area contributed by atoms with Crippen LogP contribution in [0.25, 0.3) is 0 Å². The average molecular weight is 233 g/mol. The minimum absolute atomic E-state index is 0. The molecule has 1 unspecified atom stereocenters. The standard InChI is InChI=1S/C6H4Cl2O2S.Na/c7-4-1-5(8)3-6(2-4)11(9)10;/h1-3H,(H,9,10);/q;+1/p-1. The molecular formula is C6H3Cl2NaO2S. The van der Waals surface area contributed by atoms with Gasteiger partial charge < -0.3 is 4.55 Å². The Kier molecular flexibility index (Phi) is 6.03. The van der Waals surface area contributed by atoms with E-state index in [-0.39, 0.29) is 34.5 Å². The van der Waals surface area contributed by atoms with Gasteiger partial charge in [-0.25, -0.2) is 0 Å². The summed E-state index contributed by atoms with van der Waals surface area (Å²) in [5.74, 6) is 0. The summed E-state index contributed by atoms with van der Waals surface area (Å²) in [6.07, 6.45) is 0. The molecule has 1 aromatic rings. The van der Waals surface area contributed by atoms with Crippen molar-refractivity contribution >= 4 is 34.3 Å². The van der Waals surface area contributed by atoms with Crippen molar-refractivity contribution < 1.29 is 38.3 Å². The van der Waals surface area contributed by atoms with Gasteiger partial charge in [0.25, 0.3) is 0 Å². The number of rotatable bonds is 1. The van der Waals surface area contributed by atoms with Gasteiger partial charge in [-0.3, -0.25) is 4.21 Å². The fourth-order valence-electron chi connectivity index (χ4n) is 0.625. The first-order chi connectivity index (χ1) is 5.09. The molecule has 0 amide bonds. The molecule has 6 heteroatoms. The molecule has 0 aliphatic carbocycles. The zero-order chi connectivity index (χ0) is 8.43. The first-order valence-electron chi connectivity index (χ1n) is 2.65. The molecule has 0 aliphatic heterocycles. The van der Waals surface area contributed by atoms with Crippen LogP contribution in [-0.4, -0.2) is 8.76 Å². The summed E-state index contributed by atoms with van der Waals surface area (Å²) < 4.78 is 20.8. The predicted octanol–water partition coefficient (Wildman–Crippen LogP) is -0.765. The van der Waals surface area contributed by atoms with Crippen molar-refractivity contribution in [1.82, 2.24) is 0 Å². The summed E-state index contributed by atoms with van der Waals surface area (Å²) in [6, 6.07) is 4.13. The Morgan fingerprint density at radius 3 is 1.92 bits per heavy atom. The van der Waals surface area contributed by atoms with Crippen LogP contribution in [0.1, 0.15) is 0 Å². The molecule has 0 heterocycles. The van der Waals surface area contributed by atoms with Gasteiger partial charge in [0.2, 0.25) is 0 Å². The van der Waals surface area contributed by atoms with Crippen LogP contribution in [0.2, 0.25) is 10.0 Å². The van der Waals surface area contributed by atoms with Crippen molar-refractivity contribution in [2.24, 2.45) is 0 Å². The number of benzene rings is 1. The van der Waals surface area contributed by atoms with E-state index in [0.29, 0.717) is 10.0 Å². The quantitative estimate of drug-likeness (QED) is 0.472. The molecule has 60 valence electrons. The Labute approximate surface area is 105 Å². The molecular weight excluding hydrogens is 230 g/mol. The van der Waals surface area contributed by atoms with E-state index in [0.717, 1.165) is 0 Å². The second-order valence-electron chi connectivity index (χ2n) is 1.84. The van der Waals surface area contributed by atoms with Crippen LogP contribution >= 0.6 is 23.2 Å². The molecule has 0 aromatic heterocycles. The number of hydrogen-bond donors (Lipinski definition) is 0. The van der Waals surface area contributed by atoms with Crippen LogP contribution in [0.4, 0.5) is 0 Å². The van der Waals surface area contributed by atoms with E-state index < -0.39 is 11.1 Å². The van der Waals surface area contributed by atoms with Crippen LogP contribution < -0.4 is 29.6 Å². The molecule has 12 heavy (non-hydrogen) atoms. The Hall–Kier alpha value is 0.910. The van der Waals surface area contributed by atoms with Gasteiger partial charge in [-0.1, -0.05) is 23.2 Å². The second-order valence-corrected chi connectivity index (χ2v) is 3.65. The van der Waals surface area contributed by atoms with Crippen LogP contribution in [0.3, 0.4) is 0 Å². The van der Waals surface area contributed by atoms with Crippen molar-refractivity contribution in [3.05, 3.63) is 28.2 Å². The maximum absolute atomic E-state index is 10.4. The number of halogens is 2. The molecule has 0 saturated carbocycles. The van der Waals surface area contributed by atoms with E-state index in [4.69, 9.17) is 23.2 Å². The topological polar surface area (TPSA) is 40.1 Å². The third kappa shape index (κ3) is 3.75. The van der Waals surface area contributed by atoms with Gasteiger partial charge in [0.1, 0.15) is 0 Å². The molecule has 0 aliphatic rings. The van der Waals surface area contributed by atoms with Crippen LogP contribution in [0, 0.1) is 0 Å². The third-order valence-corrected chi connectivity index (χ3v) is 2.09. The largest absolute Gasteiger partial charge is 1.00 e. The van der Waals surface area contributed by atoms with Gasteiger partial charge in [0, 0.05) is 14.9 Å². The SMILES string of the molecule is O=S([O-])c1cc(Cl)cc(Cl)c1.[Na+]. The maximum Gasteiger partial charge on any atom is 1.00 e. The van der Waals surface area contributed by atoms with E-state index >= 15 is 0 Å². The van der Waals surface area contributed by atoms with E-state index in [9.17, 15) is 8.76 Å². The minimum atomic E-state index is -2.27. The molecule has 1 aromatic carbocycles. The van der Waals surface area contributed by atoms with E-state index in [1.54, 1.807) is 0 Å². The molecule has 2 nitrogen and oxygen atoms in total. The summed E-state index contributed by atoms with van der Waals surface area (Å²) >= 11 is 8.80. The van der Waals surface area contributed by atoms with Crippen molar-refractivity contribution in [1.29, 1.82) is 0 Å².